The summed E-state index contributed by atoms with van der Waals surface area (Å²) in [5, 5.41) is 9.86. The molecule has 0 saturated heterocycles. The molecule has 0 heterocycles. The number of rotatable bonds is 2. The van der Waals surface area contributed by atoms with Crippen LogP contribution in [0.15, 0.2) is 12.2 Å². The van der Waals surface area contributed by atoms with Crippen molar-refractivity contribution in [2.45, 2.75) is 38.7 Å². The lowest BCUT2D eigenvalue weighted by Gasteiger charge is -2.25. The van der Waals surface area contributed by atoms with Crippen LogP contribution in [0.3, 0.4) is 0 Å². The molecule has 0 aliphatic heterocycles. The van der Waals surface area contributed by atoms with Gasteiger partial charge in [-0.2, -0.15) is 0 Å². The van der Waals surface area contributed by atoms with Crippen LogP contribution in [0.2, 0.25) is 0 Å². The summed E-state index contributed by atoms with van der Waals surface area (Å²) in [7, 11) is 0. The van der Waals surface area contributed by atoms with Gasteiger partial charge in [-0.15, -0.1) is 0 Å². The molecule has 4 atom stereocenters. The van der Waals surface area contributed by atoms with Crippen LogP contribution in [-0.4, -0.2) is 17.0 Å². The molecule has 0 spiro atoms. The second-order valence-corrected chi connectivity index (χ2v) is 4.72. The minimum absolute atomic E-state index is 0.172. The van der Waals surface area contributed by atoms with E-state index in [1.807, 2.05) is 0 Å². The van der Waals surface area contributed by atoms with Crippen LogP contribution in [0, 0.1) is 17.8 Å². The van der Waals surface area contributed by atoms with Gasteiger partial charge < -0.3 is 9.90 Å². The van der Waals surface area contributed by atoms with Gasteiger partial charge in [0.05, 0.1) is 6.10 Å². The lowest BCUT2D eigenvalue weighted by atomic mass is 9.81. The van der Waals surface area contributed by atoms with E-state index in [0.717, 1.165) is 19.3 Å². The van der Waals surface area contributed by atoms with Crippen molar-refractivity contribution in [1.29, 1.82) is 0 Å². The van der Waals surface area contributed by atoms with Crippen molar-refractivity contribution >= 4 is 5.78 Å². The zero-order valence-corrected chi connectivity index (χ0v) is 8.65. The fraction of sp³-hybridized carbons (Fsp3) is 0.750. The number of fused-ring (bicyclic) bond motifs is 1. The molecule has 0 bridgehead atoms. The number of carbonyl (C=O) groups excluding carboxylic acids is 1. The zero-order chi connectivity index (χ0) is 10.1. The van der Waals surface area contributed by atoms with E-state index in [-0.39, 0.29) is 11.9 Å². The van der Waals surface area contributed by atoms with Gasteiger partial charge in [0, 0.05) is 6.42 Å². The monoisotopic (exact) mass is 194 g/mol. The van der Waals surface area contributed by atoms with Crippen molar-refractivity contribution < 1.29 is 9.90 Å². The zero-order valence-electron chi connectivity index (χ0n) is 8.65. The molecule has 2 nitrogen and oxygen atoms in total. The highest BCUT2D eigenvalue weighted by Crippen LogP contribution is 2.44. The van der Waals surface area contributed by atoms with Crippen molar-refractivity contribution in [3.8, 4) is 0 Å². The molecule has 0 radical (unpaired) electrons. The number of aliphatic hydroxyl groups excluding tert-OH is 1. The molecule has 1 saturated carbocycles. The highest BCUT2D eigenvalue weighted by molar-refractivity contribution is 5.75. The molecule has 1 N–H and O–H groups in total. The predicted octanol–water partition coefficient (Wildman–Crippen LogP) is 1.93. The van der Waals surface area contributed by atoms with Crippen LogP contribution in [0.25, 0.3) is 0 Å². The average Bonchev–Trinajstić information content (AvgIpc) is 2.44. The fourth-order valence-corrected chi connectivity index (χ4v) is 3.06. The van der Waals surface area contributed by atoms with Gasteiger partial charge in [-0.3, -0.25) is 0 Å². The third-order valence-electron chi connectivity index (χ3n) is 3.65. The number of aliphatic hydroxyl groups is 1. The maximum Gasteiger partial charge on any atom is 0.130 e. The summed E-state index contributed by atoms with van der Waals surface area (Å²) < 4.78 is 0. The Morgan fingerprint density at radius 1 is 1.57 bits per heavy atom. The number of Topliss-reactive ketones (excluding diaryl/α,β-unsaturated/α-hetero) is 1. The van der Waals surface area contributed by atoms with Crippen LogP contribution in [0.1, 0.15) is 32.6 Å². The minimum Gasteiger partial charge on any atom is -0.393 e. The smallest absolute Gasteiger partial charge is 0.130 e. The van der Waals surface area contributed by atoms with E-state index in [1.54, 1.807) is 6.92 Å². The van der Waals surface area contributed by atoms with Crippen molar-refractivity contribution in [2.24, 2.45) is 17.8 Å². The Morgan fingerprint density at radius 2 is 2.36 bits per heavy atom. The highest BCUT2D eigenvalue weighted by Gasteiger charge is 2.41. The van der Waals surface area contributed by atoms with Crippen molar-refractivity contribution in [2.75, 3.05) is 0 Å². The summed E-state index contributed by atoms with van der Waals surface area (Å²) in [6.45, 7) is 1.65. The second-order valence-electron chi connectivity index (χ2n) is 4.72. The van der Waals surface area contributed by atoms with E-state index >= 15 is 0 Å². The topological polar surface area (TPSA) is 37.3 Å². The van der Waals surface area contributed by atoms with Gasteiger partial charge in [0.1, 0.15) is 5.78 Å². The third-order valence-corrected chi connectivity index (χ3v) is 3.65. The molecule has 2 heteroatoms. The number of carbonyl (C=O) groups is 1. The van der Waals surface area contributed by atoms with Gasteiger partial charge in [0.2, 0.25) is 0 Å². The first-order valence-corrected chi connectivity index (χ1v) is 5.52. The molecule has 2 aliphatic carbocycles. The Labute approximate surface area is 85.0 Å². The first-order chi connectivity index (χ1) is 6.68. The number of allylic oxidation sites excluding steroid dienone is 2. The molecule has 1 fully saturated rings. The van der Waals surface area contributed by atoms with Gasteiger partial charge in [-0.25, -0.2) is 0 Å². The van der Waals surface area contributed by atoms with Crippen molar-refractivity contribution in [3.05, 3.63) is 12.2 Å². The van der Waals surface area contributed by atoms with Crippen LogP contribution < -0.4 is 0 Å². The molecule has 14 heavy (non-hydrogen) atoms. The normalized spacial score (nSPS) is 41.0. The lowest BCUT2D eigenvalue weighted by molar-refractivity contribution is -0.118. The minimum atomic E-state index is -0.172. The SMILES string of the molecule is CC(=O)CC1CC(O)C2CCC=CC12. The second kappa shape index (κ2) is 3.85. The van der Waals surface area contributed by atoms with Crippen LogP contribution in [0.4, 0.5) is 0 Å². The van der Waals surface area contributed by atoms with Crippen LogP contribution in [0.5, 0.6) is 0 Å². The number of ketones is 1. The maximum atomic E-state index is 11.1. The predicted molar refractivity (Wildman–Crippen MR) is 54.8 cm³/mol. The summed E-state index contributed by atoms with van der Waals surface area (Å²) >= 11 is 0. The molecule has 0 aromatic heterocycles. The fourth-order valence-electron chi connectivity index (χ4n) is 3.06. The first-order valence-electron chi connectivity index (χ1n) is 5.52. The van der Waals surface area contributed by atoms with E-state index in [1.165, 1.54) is 0 Å². The van der Waals surface area contributed by atoms with Crippen LogP contribution >= 0.6 is 0 Å². The van der Waals surface area contributed by atoms with Crippen molar-refractivity contribution in [3.63, 3.8) is 0 Å². The Kier molecular flexibility index (Phi) is 2.73. The number of hydrogen-bond donors (Lipinski definition) is 1. The molecule has 78 valence electrons. The number of hydrogen-bond acceptors (Lipinski definition) is 2. The summed E-state index contributed by atoms with van der Waals surface area (Å²) in [6.07, 6.45) is 7.89. The van der Waals surface area contributed by atoms with Gasteiger partial charge >= 0.3 is 0 Å². The summed E-state index contributed by atoms with van der Waals surface area (Å²) in [5.41, 5.74) is 0. The quantitative estimate of drug-likeness (QED) is 0.682. The molecular weight excluding hydrogens is 176 g/mol. The standard InChI is InChI=1S/C12H18O2/c1-8(13)6-9-7-12(14)11-5-3-2-4-10(9)11/h2,4,9-12,14H,3,5-7H2,1H3. The van der Waals surface area contributed by atoms with E-state index in [2.05, 4.69) is 12.2 Å². The van der Waals surface area contributed by atoms with Gasteiger partial charge in [-0.05, 0) is 43.9 Å². The van der Waals surface area contributed by atoms with E-state index in [4.69, 9.17) is 0 Å². The molecule has 0 amide bonds. The van der Waals surface area contributed by atoms with Gasteiger partial charge in [0.25, 0.3) is 0 Å². The first kappa shape index (κ1) is 9.91. The third kappa shape index (κ3) is 1.76. The van der Waals surface area contributed by atoms with Crippen LogP contribution in [-0.2, 0) is 4.79 Å². The average molecular weight is 194 g/mol. The lowest BCUT2D eigenvalue weighted by Crippen LogP contribution is -2.21. The Bertz CT molecular complexity index is 257. The molecule has 2 rings (SSSR count). The summed E-state index contributed by atoms with van der Waals surface area (Å²) in [5.74, 6) is 1.53. The van der Waals surface area contributed by atoms with E-state index in [9.17, 15) is 9.90 Å². The van der Waals surface area contributed by atoms with E-state index in [0.29, 0.717) is 24.2 Å². The Hall–Kier alpha value is -0.630. The highest BCUT2D eigenvalue weighted by atomic mass is 16.3. The van der Waals surface area contributed by atoms with E-state index < -0.39 is 0 Å². The summed E-state index contributed by atoms with van der Waals surface area (Å²) in [4.78, 5) is 11.1. The molecule has 0 aromatic carbocycles. The Morgan fingerprint density at radius 3 is 3.07 bits per heavy atom. The molecule has 2 aliphatic rings. The maximum absolute atomic E-state index is 11.1. The Balaban J connectivity index is 2.09. The summed E-state index contributed by atoms with van der Waals surface area (Å²) in [6, 6.07) is 0. The van der Waals surface area contributed by atoms with Gasteiger partial charge in [0.15, 0.2) is 0 Å². The van der Waals surface area contributed by atoms with Gasteiger partial charge in [-0.1, -0.05) is 12.2 Å². The molecule has 0 aromatic rings. The molecule has 4 unspecified atom stereocenters. The largest absolute Gasteiger partial charge is 0.393 e. The van der Waals surface area contributed by atoms with Crippen molar-refractivity contribution in [1.82, 2.24) is 0 Å². The molecular formula is C12H18O2.